The molecule has 1 heterocycles. The number of aliphatic hydroxyl groups excluding tert-OH is 1. The molecule has 1 atom stereocenters. The number of nitrogens with zero attached hydrogens (tertiary/aromatic N) is 2. The minimum atomic E-state index is -0.226. The predicted octanol–water partition coefficient (Wildman–Crippen LogP) is 1.50. The number of piperidine rings is 1. The Labute approximate surface area is 114 Å². The van der Waals surface area contributed by atoms with Crippen LogP contribution in [0.2, 0.25) is 0 Å². The number of anilines is 1. The van der Waals surface area contributed by atoms with E-state index in [0.717, 1.165) is 31.6 Å². The highest BCUT2D eigenvalue weighted by atomic mass is 16.3. The Morgan fingerprint density at radius 3 is 2.84 bits per heavy atom. The molecule has 0 saturated carbocycles. The molecule has 4 nitrogen and oxygen atoms in total. The summed E-state index contributed by atoms with van der Waals surface area (Å²) in [6.07, 6.45) is 2.17. The Kier molecular flexibility index (Phi) is 4.93. The first kappa shape index (κ1) is 14.0. The molecule has 0 aliphatic carbocycles. The van der Waals surface area contributed by atoms with Crippen LogP contribution in [0.15, 0.2) is 30.3 Å². The fraction of sp³-hybridized carbons (Fsp3) is 0.533. The summed E-state index contributed by atoms with van der Waals surface area (Å²) in [5, 5.41) is 9.60. The Morgan fingerprint density at radius 2 is 2.16 bits per heavy atom. The number of hydrogen-bond acceptors (Lipinski definition) is 3. The van der Waals surface area contributed by atoms with Crippen molar-refractivity contribution in [1.29, 1.82) is 0 Å². The maximum absolute atomic E-state index is 12.1. The van der Waals surface area contributed by atoms with Gasteiger partial charge in [-0.3, -0.25) is 4.79 Å². The van der Waals surface area contributed by atoms with Gasteiger partial charge in [0.2, 0.25) is 5.91 Å². The molecule has 1 amide bonds. The van der Waals surface area contributed by atoms with Gasteiger partial charge in [-0.2, -0.15) is 0 Å². The van der Waals surface area contributed by atoms with Gasteiger partial charge in [0.25, 0.3) is 0 Å². The molecule has 1 aromatic carbocycles. The van der Waals surface area contributed by atoms with E-state index in [9.17, 15) is 9.90 Å². The summed E-state index contributed by atoms with van der Waals surface area (Å²) in [6, 6.07) is 9.67. The monoisotopic (exact) mass is 262 g/mol. The quantitative estimate of drug-likeness (QED) is 0.894. The number of para-hydroxylation sites is 1. The van der Waals surface area contributed by atoms with Crippen molar-refractivity contribution in [1.82, 2.24) is 4.90 Å². The molecule has 1 fully saturated rings. The van der Waals surface area contributed by atoms with E-state index < -0.39 is 0 Å². The van der Waals surface area contributed by atoms with Crippen molar-refractivity contribution >= 4 is 11.6 Å². The lowest BCUT2D eigenvalue weighted by Gasteiger charge is -2.30. The molecule has 0 radical (unpaired) electrons. The highest BCUT2D eigenvalue weighted by Gasteiger charge is 2.19. The molecule has 4 heteroatoms. The Balaban J connectivity index is 1.81. The van der Waals surface area contributed by atoms with Gasteiger partial charge in [-0.05, 0) is 31.5 Å². The topological polar surface area (TPSA) is 43.8 Å². The Hall–Kier alpha value is -1.39. The average molecular weight is 262 g/mol. The smallest absolute Gasteiger partial charge is 0.228 e. The minimum Gasteiger partial charge on any atom is -0.392 e. The second-order valence-electron chi connectivity index (χ2n) is 5.13. The van der Waals surface area contributed by atoms with Crippen LogP contribution in [-0.2, 0) is 4.79 Å². The van der Waals surface area contributed by atoms with Crippen molar-refractivity contribution in [2.45, 2.75) is 25.4 Å². The molecule has 1 unspecified atom stereocenters. The lowest BCUT2D eigenvalue weighted by atomic mass is 10.1. The summed E-state index contributed by atoms with van der Waals surface area (Å²) in [4.78, 5) is 16.0. The standard InChI is InChI=1S/C15H22N2O2/c1-16(13-6-3-2-4-7-13)15(19)9-11-17-10-5-8-14(18)12-17/h2-4,6-7,14,18H,5,8-12H2,1H3. The number of benzene rings is 1. The normalized spacial score (nSPS) is 20.2. The van der Waals surface area contributed by atoms with Gasteiger partial charge in [-0.25, -0.2) is 0 Å². The van der Waals surface area contributed by atoms with Gasteiger partial charge in [0.15, 0.2) is 0 Å². The first-order valence-corrected chi connectivity index (χ1v) is 6.89. The van der Waals surface area contributed by atoms with Gasteiger partial charge < -0.3 is 14.9 Å². The summed E-state index contributed by atoms with van der Waals surface area (Å²) >= 11 is 0. The van der Waals surface area contributed by atoms with Crippen LogP contribution in [0.5, 0.6) is 0 Å². The van der Waals surface area contributed by atoms with E-state index in [1.54, 1.807) is 4.90 Å². The van der Waals surface area contributed by atoms with Crippen LogP contribution < -0.4 is 4.90 Å². The SMILES string of the molecule is CN(C(=O)CCN1CCCC(O)C1)c1ccccc1. The summed E-state index contributed by atoms with van der Waals surface area (Å²) in [5.41, 5.74) is 0.922. The lowest BCUT2D eigenvalue weighted by Crippen LogP contribution is -2.40. The second-order valence-corrected chi connectivity index (χ2v) is 5.13. The van der Waals surface area contributed by atoms with Crippen molar-refractivity contribution in [2.75, 3.05) is 31.6 Å². The number of aliphatic hydroxyl groups is 1. The highest BCUT2D eigenvalue weighted by Crippen LogP contribution is 2.14. The van der Waals surface area contributed by atoms with Gasteiger partial charge in [0.1, 0.15) is 0 Å². The molecule has 0 bridgehead atoms. The van der Waals surface area contributed by atoms with E-state index in [0.29, 0.717) is 13.0 Å². The number of likely N-dealkylation sites (tertiary alicyclic amines) is 1. The van der Waals surface area contributed by atoms with Crippen molar-refractivity contribution < 1.29 is 9.90 Å². The summed E-state index contributed by atoms with van der Waals surface area (Å²) in [7, 11) is 1.81. The molecule has 1 aliphatic heterocycles. The molecular weight excluding hydrogens is 240 g/mol. The fourth-order valence-electron chi connectivity index (χ4n) is 2.45. The molecule has 104 valence electrons. The predicted molar refractivity (Wildman–Crippen MR) is 76.1 cm³/mol. The third kappa shape index (κ3) is 4.04. The fourth-order valence-corrected chi connectivity index (χ4v) is 2.45. The van der Waals surface area contributed by atoms with Gasteiger partial charge in [-0.1, -0.05) is 18.2 Å². The Morgan fingerprint density at radius 1 is 1.42 bits per heavy atom. The van der Waals surface area contributed by atoms with Crippen LogP contribution in [0.25, 0.3) is 0 Å². The summed E-state index contributed by atoms with van der Waals surface area (Å²) in [6.45, 7) is 2.41. The molecule has 0 spiro atoms. The summed E-state index contributed by atoms with van der Waals surface area (Å²) in [5.74, 6) is 0.117. The van der Waals surface area contributed by atoms with Gasteiger partial charge in [-0.15, -0.1) is 0 Å². The van der Waals surface area contributed by atoms with Crippen LogP contribution >= 0.6 is 0 Å². The Bertz CT molecular complexity index is 408. The third-order valence-corrected chi connectivity index (χ3v) is 3.64. The van der Waals surface area contributed by atoms with Crippen LogP contribution in [0.3, 0.4) is 0 Å². The van der Waals surface area contributed by atoms with E-state index in [-0.39, 0.29) is 12.0 Å². The van der Waals surface area contributed by atoms with Gasteiger partial charge in [0.05, 0.1) is 6.10 Å². The highest BCUT2D eigenvalue weighted by molar-refractivity contribution is 5.92. The van der Waals surface area contributed by atoms with E-state index >= 15 is 0 Å². The van der Waals surface area contributed by atoms with Crippen LogP contribution in [-0.4, -0.2) is 48.7 Å². The summed E-state index contributed by atoms with van der Waals surface area (Å²) < 4.78 is 0. The zero-order chi connectivity index (χ0) is 13.7. The minimum absolute atomic E-state index is 0.117. The number of rotatable bonds is 4. The average Bonchev–Trinajstić information content (AvgIpc) is 2.45. The maximum atomic E-state index is 12.1. The van der Waals surface area contributed by atoms with Crippen molar-refractivity contribution in [3.8, 4) is 0 Å². The van der Waals surface area contributed by atoms with Gasteiger partial charge in [0, 0.05) is 32.2 Å². The first-order chi connectivity index (χ1) is 9.16. The second kappa shape index (κ2) is 6.68. The number of hydrogen-bond donors (Lipinski definition) is 1. The molecule has 1 N–H and O–H groups in total. The number of amides is 1. The molecule has 1 aromatic rings. The van der Waals surface area contributed by atoms with E-state index in [1.807, 2.05) is 37.4 Å². The zero-order valence-corrected chi connectivity index (χ0v) is 11.5. The zero-order valence-electron chi connectivity index (χ0n) is 11.5. The van der Waals surface area contributed by atoms with Crippen LogP contribution in [0.4, 0.5) is 5.69 Å². The molecule has 0 aromatic heterocycles. The van der Waals surface area contributed by atoms with Crippen molar-refractivity contribution in [3.05, 3.63) is 30.3 Å². The third-order valence-electron chi connectivity index (χ3n) is 3.64. The van der Waals surface area contributed by atoms with Crippen LogP contribution in [0, 0.1) is 0 Å². The maximum Gasteiger partial charge on any atom is 0.228 e. The number of carbonyl (C=O) groups excluding carboxylic acids is 1. The number of β-amino-alcohol motifs (C(OH)–C–C–N with tert-alkyl or cyclic N) is 1. The largest absolute Gasteiger partial charge is 0.392 e. The van der Waals surface area contributed by atoms with E-state index in [4.69, 9.17) is 0 Å². The van der Waals surface area contributed by atoms with Crippen molar-refractivity contribution in [2.24, 2.45) is 0 Å². The molecular formula is C15H22N2O2. The first-order valence-electron chi connectivity index (χ1n) is 6.89. The van der Waals surface area contributed by atoms with Crippen molar-refractivity contribution in [3.63, 3.8) is 0 Å². The van der Waals surface area contributed by atoms with Gasteiger partial charge >= 0.3 is 0 Å². The number of carbonyl (C=O) groups is 1. The molecule has 2 rings (SSSR count). The van der Waals surface area contributed by atoms with E-state index in [2.05, 4.69) is 4.90 Å². The molecule has 1 aliphatic rings. The molecule has 19 heavy (non-hydrogen) atoms. The molecule has 1 saturated heterocycles. The van der Waals surface area contributed by atoms with Crippen LogP contribution in [0.1, 0.15) is 19.3 Å². The lowest BCUT2D eigenvalue weighted by molar-refractivity contribution is -0.118. The van der Waals surface area contributed by atoms with E-state index in [1.165, 1.54) is 0 Å².